The summed E-state index contributed by atoms with van der Waals surface area (Å²) in [6.45, 7) is 0. The Morgan fingerprint density at radius 2 is 1.67 bits per heavy atom. The molecule has 1 N–H and O–H groups in total. The van der Waals surface area contributed by atoms with Crippen molar-refractivity contribution in [2.75, 3.05) is 0 Å². The maximum absolute atomic E-state index is 11.4. The quantitative estimate of drug-likeness (QED) is 0.539. The lowest BCUT2D eigenvalue weighted by Crippen LogP contribution is -1.99. The van der Waals surface area contributed by atoms with Crippen LogP contribution in [0.1, 0.15) is 0 Å². The van der Waals surface area contributed by atoms with Crippen LogP contribution in [0.2, 0.25) is 0 Å². The first-order valence-electron chi connectivity index (χ1n) is 5.31. The number of aromatic nitrogens is 1. The zero-order valence-electron chi connectivity index (χ0n) is 9.24. The van der Waals surface area contributed by atoms with Gasteiger partial charge in [-0.2, -0.15) is 8.42 Å². The summed E-state index contributed by atoms with van der Waals surface area (Å²) in [6, 6.07) is 12.1. The zero-order valence-corrected chi connectivity index (χ0v) is 10.1. The van der Waals surface area contributed by atoms with Gasteiger partial charge in [0.25, 0.3) is 10.1 Å². The minimum atomic E-state index is -4.26. The molecule has 0 saturated heterocycles. The largest absolute Gasteiger partial charge is 0.295 e. The van der Waals surface area contributed by atoms with E-state index in [1.165, 1.54) is 6.07 Å². The van der Waals surface area contributed by atoms with Crippen molar-refractivity contribution in [3.63, 3.8) is 0 Å². The normalized spacial score (nSPS) is 12.1. The first-order valence-corrected chi connectivity index (χ1v) is 6.75. The fourth-order valence-corrected chi connectivity index (χ4v) is 2.82. The van der Waals surface area contributed by atoms with Crippen LogP contribution in [-0.2, 0) is 10.1 Å². The smallest absolute Gasteiger partial charge is 0.282 e. The van der Waals surface area contributed by atoms with E-state index in [0.29, 0.717) is 10.9 Å². The summed E-state index contributed by atoms with van der Waals surface area (Å²) < 4.78 is 32.1. The molecule has 0 aliphatic rings. The van der Waals surface area contributed by atoms with Gasteiger partial charge < -0.3 is 0 Å². The summed E-state index contributed by atoms with van der Waals surface area (Å²) in [5.41, 5.74) is 0.572. The Morgan fingerprint density at radius 3 is 2.44 bits per heavy atom. The topological polar surface area (TPSA) is 67.3 Å². The van der Waals surface area contributed by atoms with Crippen molar-refractivity contribution in [1.29, 1.82) is 0 Å². The van der Waals surface area contributed by atoms with Gasteiger partial charge in [-0.1, -0.05) is 30.3 Å². The van der Waals surface area contributed by atoms with Crippen LogP contribution >= 0.6 is 0 Å². The molecule has 3 aromatic rings. The van der Waals surface area contributed by atoms with Crippen molar-refractivity contribution in [2.24, 2.45) is 0 Å². The van der Waals surface area contributed by atoms with Crippen LogP contribution in [-0.4, -0.2) is 18.0 Å². The van der Waals surface area contributed by atoms with Crippen LogP contribution in [0, 0.1) is 0 Å². The van der Waals surface area contributed by atoms with Gasteiger partial charge in [0.1, 0.15) is 4.90 Å². The zero-order chi connectivity index (χ0) is 12.8. The summed E-state index contributed by atoms with van der Waals surface area (Å²) in [6.07, 6.45) is 1.60. The molecule has 5 heteroatoms. The summed E-state index contributed by atoms with van der Waals surface area (Å²) in [5, 5.41) is 2.02. The van der Waals surface area contributed by atoms with Crippen LogP contribution in [0.5, 0.6) is 0 Å². The maximum atomic E-state index is 11.4. The van der Waals surface area contributed by atoms with Crippen molar-refractivity contribution in [1.82, 2.24) is 4.98 Å². The Bertz CT molecular complexity index is 856. The molecule has 18 heavy (non-hydrogen) atoms. The maximum Gasteiger partial charge on any atom is 0.295 e. The van der Waals surface area contributed by atoms with Crippen molar-refractivity contribution in [3.8, 4) is 0 Å². The lowest BCUT2D eigenvalue weighted by atomic mass is 10.1. The third kappa shape index (κ3) is 1.64. The Balaban J connectivity index is 2.63. The molecular weight excluding hydrogens is 250 g/mol. The number of fused-ring (bicyclic) bond motifs is 3. The van der Waals surface area contributed by atoms with E-state index in [9.17, 15) is 13.0 Å². The number of hydrogen-bond acceptors (Lipinski definition) is 3. The van der Waals surface area contributed by atoms with E-state index in [1.807, 2.05) is 18.2 Å². The molecule has 0 atom stereocenters. The predicted octanol–water partition coefficient (Wildman–Crippen LogP) is 2.63. The first kappa shape index (κ1) is 11.1. The Labute approximate surface area is 104 Å². The molecular formula is C13H9NO3S. The minimum Gasteiger partial charge on any atom is -0.282 e. The molecule has 0 fully saturated rings. The Kier molecular flexibility index (Phi) is 2.33. The van der Waals surface area contributed by atoms with E-state index in [2.05, 4.69) is 4.98 Å². The second kappa shape index (κ2) is 3.76. The average Bonchev–Trinajstić information content (AvgIpc) is 2.36. The van der Waals surface area contributed by atoms with Crippen LogP contribution < -0.4 is 0 Å². The van der Waals surface area contributed by atoms with E-state index in [-0.39, 0.29) is 4.90 Å². The molecule has 1 aromatic heterocycles. The van der Waals surface area contributed by atoms with E-state index < -0.39 is 10.1 Å². The highest BCUT2D eigenvalue weighted by Crippen LogP contribution is 2.29. The van der Waals surface area contributed by atoms with Crippen molar-refractivity contribution in [3.05, 3.63) is 48.7 Å². The van der Waals surface area contributed by atoms with E-state index in [1.54, 1.807) is 24.4 Å². The molecule has 1 heterocycles. The molecule has 0 unspecified atom stereocenters. The van der Waals surface area contributed by atoms with Crippen LogP contribution in [0.15, 0.2) is 53.6 Å². The molecule has 0 saturated carbocycles. The van der Waals surface area contributed by atoms with Crippen molar-refractivity contribution >= 4 is 31.8 Å². The van der Waals surface area contributed by atoms with E-state index >= 15 is 0 Å². The van der Waals surface area contributed by atoms with Crippen LogP contribution in [0.4, 0.5) is 0 Å². The Morgan fingerprint density at radius 1 is 0.944 bits per heavy atom. The summed E-state index contributed by atoms with van der Waals surface area (Å²) in [4.78, 5) is 4.10. The fourth-order valence-electron chi connectivity index (χ4n) is 2.10. The van der Waals surface area contributed by atoms with Gasteiger partial charge >= 0.3 is 0 Å². The molecule has 0 bridgehead atoms. The lowest BCUT2D eigenvalue weighted by Gasteiger charge is -2.06. The highest BCUT2D eigenvalue weighted by Gasteiger charge is 2.16. The van der Waals surface area contributed by atoms with E-state index in [4.69, 9.17) is 0 Å². The van der Waals surface area contributed by atoms with Crippen LogP contribution in [0.25, 0.3) is 21.7 Å². The van der Waals surface area contributed by atoms with Gasteiger partial charge in [0.15, 0.2) is 0 Å². The SMILES string of the molecule is O=S(=O)(O)c1cccc2ccc3cccnc3c12. The molecule has 3 rings (SSSR count). The van der Waals surface area contributed by atoms with Gasteiger partial charge in [-0.15, -0.1) is 0 Å². The minimum absolute atomic E-state index is 0.107. The van der Waals surface area contributed by atoms with Gasteiger partial charge in [0.2, 0.25) is 0 Å². The molecule has 4 nitrogen and oxygen atoms in total. The molecule has 90 valence electrons. The van der Waals surface area contributed by atoms with E-state index in [0.717, 1.165) is 10.8 Å². The number of benzene rings is 2. The van der Waals surface area contributed by atoms with Gasteiger partial charge in [-0.3, -0.25) is 9.54 Å². The molecule has 0 aliphatic heterocycles. The first-order chi connectivity index (χ1) is 8.57. The highest BCUT2D eigenvalue weighted by atomic mass is 32.2. The second-order valence-corrected chi connectivity index (χ2v) is 5.36. The second-order valence-electron chi connectivity index (χ2n) is 3.97. The summed E-state index contributed by atoms with van der Waals surface area (Å²) in [7, 11) is -4.26. The number of nitrogens with zero attached hydrogens (tertiary/aromatic N) is 1. The third-order valence-electron chi connectivity index (χ3n) is 2.85. The molecule has 0 aliphatic carbocycles. The molecule has 2 aromatic carbocycles. The number of hydrogen-bond donors (Lipinski definition) is 1. The van der Waals surface area contributed by atoms with Gasteiger partial charge in [0, 0.05) is 17.0 Å². The lowest BCUT2D eigenvalue weighted by molar-refractivity contribution is 0.484. The summed E-state index contributed by atoms with van der Waals surface area (Å²) >= 11 is 0. The van der Waals surface area contributed by atoms with Crippen LogP contribution in [0.3, 0.4) is 0 Å². The van der Waals surface area contributed by atoms with Gasteiger partial charge in [-0.05, 0) is 17.5 Å². The average molecular weight is 259 g/mol. The summed E-state index contributed by atoms with van der Waals surface area (Å²) in [5.74, 6) is 0. The molecule has 0 amide bonds. The van der Waals surface area contributed by atoms with Crippen molar-refractivity contribution < 1.29 is 13.0 Å². The van der Waals surface area contributed by atoms with Gasteiger partial charge in [-0.25, -0.2) is 0 Å². The standard InChI is InChI=1S/C13H9NO3S/c15-18(16,17)11-5-1-3-9-6-7-10-4-2-8-14-13(10)12(9)11/h1-8H,(H,15,16,17). The molecule has 0 radical (unpaired) electrons. The fraction of sp³-hybridized carbons (Fsp3) is 0. The highest BCUT2D eigenvalue weighted by molar-refractivity contribution is 7.86. The third-order valence-corrected chi connectivity index (χ3v) is 3.75. The Hall–Kier alpha value is -1.98. The predicted molar refractivity (Wildman–Crippen MR) is 69.1 cm³/mol. The number of pyridine rings is 1. The molecule has 0 spiro atoms. The monoisotopic (exact) mass is 259 g/mol. The van der Waals surface area contributed by atoms with Crippen molar-refractivity contribution in [2.45, 2.75) is 4.90 Å². The number of rotatable bonds is 1. The van der Waals surface area contributed by atoms with Gasteiger partial charge in [0.05, 0.1) is 5.52 Å².